The van der Waals surface area contributed by atoms with Crippen LogP contribution in [0.4, 0.5) is 5.69 Å². The van der Waals surface area contributed by atoms with Crippen molar-refractivity contribution in [1.29, 1.82) is 0 Å². The summed E-state index contributed by atoms with van der Waals surface area (Å²) in [5.74, 6) is 2.10. The van der Waals surface area contributed by atoms with Crippen LogP contribution >= 0.6 is 23.5 Å². The van der Waals surface area contributed by atoms with E-state index in [0.717, 1.165) is 35.0 Å². The number of para-hydroxylation sites is 1. The van der Waals surface area contributed by atoms with Crippen molar-refractivity contribution in [1.82, 2.24) is 0 Å². The lowest BCUT2D eigenvalue weighted by atomic mass is 10.2. The maximum Gasteiger partial charge on any atom is 0.237 e. The highest BCUT2D eigenvalue weighted by molar-refractivity contribution is 8.00. The van der Waals surface area contributed by atoms with Crippen molar-refractivity contribution >= 4 is 35.1 Å². The second-order valence-electron chi connectivity index (χ2n) is 6.32. The molecule has 2 heterocycles. The van der Waals surface area contributed by atoms with Gasteiger partial charge in [0.1, 0.15) is 13.2 Å². The van der Waals surface area contributed by atoms with Crippen LogP contribution in [0.3, 0.4) is 0 Å². The first-order valence-electron chi connectivity index (χ1n) is 8.79. The van der Waals surface area contributed by atoms with Crippen molar-refractivity contribution in [3.05, 3.63) is 42.5 Å². The molecule has 2 aromatic carbocycles. The lowest BCUT2D eigenvalue weighted by Gasteiger charge is -2.22. The maximum atomic E-state index is 12.9. The molecule has 0 N–H and O–H groups in total. The van der Waals surface area contributed by atoms with Gasteiger partial charge in [0.25, 0.3) is 0 Å². The Kier molecular flexibility index (Phi) is 5.31. The molecule has 0 fully saturated rings. The number of fused-ring (bicyclic) bond motifs is 2. The molecule has 0 bridgehead atoms. The second-order valence-corrected chi connectivity index (χ2v) is 8.85. The Bertz CT molecular complexity index is 811. The Labute approximate surface area is 162 Å². The third kappa shape index (κ3) is 3.81. The molecule has 0 radical (unpaired) electrons. The van der Waals surface area contributed by atoms with Gasteiger partial charge in [0, 0.05) is 21.6 Å². The van der Waals surface area contributed by atoms with Crippen LogP contribution in [0, 0.1) is 0 Å². The number of anilines is 1. The van der Waals surface area contributed by atoms with E-state index in [1.165, 1.54) is 4.90 Å². The van der Waals surface area contributed by atoms with Gasteiger partial charge < -0.3 is 14.4 Å². The average Bonchev–Trinajstić information content (AvgIpc) is 2.84. The Morgan fingerprint density at radius 1 is 1.19 bits per heavy atom. The number of thioether (sulfide) groups is 2. The van der Waals surface area contributed by atoms with Crippen LogP contribution in [0.1, 0.15) is 13.3 Å². The summed E-state index contributed by atoms with van der Waals surface area (Å²) >= 11 is 3.40. The largest absolute Gasteiger partial charge is 0.486 e. The molecule has 0 aliphatic carbocycles. The van der Waals surface area contributed by atoms with Crippen molar-refractivity contribution < 1.29 is 14.3 Å². The van der Waals surface area contributed by atoms with Crippen LogP contribution in [-0.2, 0) is 4.79 Å². The normalized spacial score (nSPS) is 18.8. The van der Waals surface area contributed by atoms with E-state index in [9.17, 15) is 4.79 Å². The highest BCUT2D eigenvalue weighted by Gasteiger charge is 2.24. The molecule has 0 spiro atoms. The SMILES string of the molecule is C[C@H]1CCN(C(=O)CSc2ccc3c(c2)OCCO3)c2ccccc2S1. The Morgan fingerprint density at radius 2 is 2.00 bits per heavy atom. The fourth-order valence-corrected chi connectivity index (χ4v) is 5.00. The molecular formula is C20H21NO3S2. The molecule has 0 aromatic heterocycles. The molecule has 26 heavy (non-hydrogen) atoms. The Morgan fingerprint density at radius 3 is 2.88 bits per heavy atom. The fourth-order valence-electron chi connectivity index (χ4n) is 3.08. The first-order chi connectivity index (χ1) is 12.7. The van der Waals surface area contributed by atoms with E-state index in [0.29, 0.717) is 24.2 Å². The fraction of sp³-hybridized carbons (Fsp3) is 0.350. The minimum absolute atomic E-state index is 0.145. The van der Waals surface area contributed by atoms with E-state index >= 15 is 0 Å². The molecule has 2 aromatic rings. The lowest BCUT2D eigenvalue weighted by Crippen LogP contribution is -2.33. The monoisotopic (exact) mass is 387 g/mol. The van der Waals surface area contributed by atoms with Crippen LogP contribution < -0.4 is 14.4 Å². The van der Waals surface area contributed by atoms with Crippen molar-refractivity contribution in [2.75, 3.05) is 30.4 Å². The maximum absolute atomic E-state index is 12.9. The van der Waals surface area contributed by atoms with Gasteiger partial charge in [0.15, 0.2) is 11.5 Å². The summed E-state index contributed by atoms with van der Waals surface area (Å²) in [6.45, 7) is 4.15. The lowest BCUT2D eigenvalue weighted by molar-refractivity contribution is -0.116. The summed E-state index contributed by atoms with van der Waals surface area (Å²) in [7, 11) is 0. The van der Waals surface area contributed by atoms with Gasteiger partial charge in [-0.25, -0.2) is 0 Å². The zero-order chi connectivity index (χ0) is 17.9. The van der Waals surface area contributed by atoms with Gasteiger partial charge in [-0.15, -0.1) is 23.5 Å². The number of carbonyl (C=O) groups is 1. The third-order valence-corrected chi connectivity index (χ3v) is 6.64. The van der Waals surface area contributed by atoms with Crippen LogP contribution in [0.25, 0.3) is 0 Å². The number of carbonyl (C=O) groups excluding carboxylic acids is 1. The van der Waals surface area contributed by atoms with Gasteiger partial charge in [-0.2, -0.15) is 0 Å². The first-order valence-corrected chi connectivity index (χ1v) is 10.7. The highest BCUT2D eigenvalue weighted by atomic mass is 32.2. The third-order valence-electron chi connectivity index (χ3n) is 4.42. The standard InChI is InChI=1S/C20H21NO3S2/c1-14-8-9-21(16-4-2-3-5-19(16)26-14)20(22)13-25-15-6-7-17-18(12-15)24-11-10-23-17/h2-7,12,14H,8-11,13H2,1H3/t14-/m0/s1. The highest BCUT2D eigenvalue weighted by Crippen LogP contribution is 2.38. The molecule has 0 saturated heterocycles. The number of hydrogen-bond donors (Lipinski definition) is 0. The minimum atomic E-state index is 0.145. The molecule has 4 rings (SSSR count). The number of amides is 1. The van der Waals surface area contributed by atoms with Crippen molar-refractivity contribution in [2.45, 2.75) is 28.4 Å². The number of benzene rings is 2. The van der Waals surface area contributed by atoms with Gasteiger partial charge >= 0.3 is 0 Å². The van der Waals surface area contributed by atoms with E-state index in [1.807, 2.05) is 53.1 Å². The molecule has 2 aliphatic rings. The van der Waals surface area contributed by atoms with Gasteiger partial charge in [0.05, 0.1) is 11.4 Å². The van der Waals surface area contributed by atoms with E-state index in [-0.39, 0.29) is 5.91 Å². The molecule has 2 aliphatic heterocycles. The van der Waals surface area contributed by atoms with Crippen LogP contribution in [0.5, 0.6) is 11.5 Å². The number of hydrogen-bond acceptors (Lipinski definition) is 5. The van der Waals surface area contributed by atoms with E-state index in [1.54, 1.807) is 11.8 Å². The molecule has 1 atom stereocenters. The molecule has 1 amide bonds. The minimum Gasteiger partial charge on any atom is -0.486 e. The van der Waals surface area contributed by atoms with Gasteiger partial charge in [-0.1, -0.05) is 19.1 Å². The van der Waals surface area contributed by atoms with Gasteiger partial charge in [0.2, 0.25) is 5.91 Å². The first kappa shape index (κ1) is 17.6. The molecular weight excluding hydrogens is 366 g/mol. The van der Waals surface area contributed by atoms with E-state index in [2.05, 4.69) is 13.0 Å². The zero-order valence-corrected chi connectivity index (χ0v) is 16.3. The molecule has 136 valence electrons. The van der Waals surface area contributed by atoms with Crippen molar-refractivity contribution in [3.8, 4) is 11.5 Å². The quantitative estimate of drug-likeness (QED) is 0.727. The summed E-state index contributed by atoms with van der Waals surface area (Å²) in [4.78, 5) is 17.1. The van der Waals surface area contributed by atoms with Crippen molar-refractivity contribution in [2.24, 2.45) is 0 Å². The molecule has 0 saturated carbocycles. The predicted octanol–water partition coefficient (Wildman–Crippen LogP) is 4.47. The summed E-state index contributed by atoms with van der Waals surface area (Å²) in [5.41, 5.74) is 1.04. The Balaban J connectivity index is 1.46. The summed E-state index contributed by atoms with van der Waals surface area (Å²) in [5, 5.41) is 0.513. The number of ether oxygens (including phenoxy) is 2. The van der Waals surface area contributed by atoms with Crippen LogP contribution in [-0.4, -0.2) is 36.7 Å². The summed E-state index contributed by atoms with van der Waals surface area (Å²) in [6.07, 6.45) is 1.000. The van der Waals surface area contributed by atoms with E-state index < -0.39 is 0 Å². The smallest absolute Gasteiger partial charge is 0.237 e. The molecule has 4 nitrogen and oxygen atoms in total. The molecule has 0 unspecified atom stereocenters. The van der Waals surface area contributed by atoms with Gasteiger partial charge in [-0.05, 0) is 36.8 Å². The zero-order valence-electron chi connectivity index (χ0n) is 14.6. The van der Waals surface area contributed by atoms with Crippen LogP contribution in [0.2, 0.25) is 0 Å². The average molecular weight is 388 g/mol. The van der Waals surface area contributed by atoms with Gasteiger partial charge in [-0.3, -0.25) is 4.79 Å². The van der Waals surface area contributed by atoms with Crippen molar-refractivity contribution in [3.63, 3.8) is 0 Å². The Hall–Kier alpha value is -1.79. The second kappa shape index (κ2) is 7.84. The predicted molar refractivity (Wildman–Crippen MR) is 107 cm³/mol. The van der Waals surface area contributed by atoms with Crippen LogP contribution in [0.15, 0.2) is 52.3 Å². The summed E-state index contributed by atoms with van der Waals surface area (Å²) < 4.78 is 11.2. The number of nitrogens with zero attached hydrogens (tertiary/aromatic N) is 1. The summed E-state index contributed by atoms with van der Waals surface area (Å²) in [6, 6.07) is 14.1. The van der Waals surface area contributed by atoms with E-state index in [4.69, 9.17) is 9.47 Å². The topological polar surface area (TPSA) is 38.8 Å². The number of rotatable bonds is 3. The molecule has 6 heteroatoms.